The Morgan fingerprint density at radius 2 is 1.73 bits per heavy atom. The van der Waals surface area contributed by atoms with E-state index in [9.17, 15) is 4.79 Å². The summed E-state index contributed by atoms with van der Waals surface area (Å²) in [4.78, 5) is 11.1. The molecule has 0 aliphatic carbocycles. The molecule has 1 amide bonds. The summed E-state index contributed by atoms with van der Waals surface area (Å²) in [5.74, 6) is 1.90. The second-order valence-electron chi connectivity index (χ2n) is 6.30. The number of benzene rings is 3. The highest BCUT2D eigenvalue weighted by Gasteiger charge is 2.04. The van der Waals surface area contributed by atoms with Crippen LogP contribution in [0.1, 0.15) is 18.1 Å². The average molecular weight is 419 g/mol. The Morgan fingerprint density at radius 3 is 2.47 bits per heavy atom. The summed E-state index contributed by atoms with van der Waals surface area (Å²) in [7, 11) is 0. The van der Waals surface area contributed by atoms with Crippen LogP contribution in [0.25, 0.3) is 0 Å². The predicted octanol–water partition coefficient (Wildman–Crippen LogP) is 5.02. The fourth-order valence-electron chi connectivity index (χ4n) is 2.53. The second kappa shape index (κ2) is 10.8. The second-order valence-corrected chi connectivity index (χ2v) is 7.30. The zero-order valence-corrected chi connectivity index (χ0v) is 17.3. The molecule has 3 N–H and O–H groups in total. The topological polar surface area (TPSA) is 89.1 Å². The highest BCUT2D eigenvalue weighted by molar-refractivity contribution is 8.13. The summed E-state index contributed by atoms with van der Waals surface area (Å²) in [6.45, 7) is 1.47. The Balaban J connectivity index is 1.62. The van der Waals surface area contributed by atoms with Gasteiger partial charge in [-0.05, 0) is 42.0 Å². The number of anilines is 1. The molecule has 30 heavy (non-hydrogen) atoms. The van der Waals surface area contributed by atoms with E-state index in [-0.39, 0.29) is 5.91 Å². The number of ether oxygens (including phenoxy) is 1. The van der Waals surface area contributed by atoms with Gasteiger partial charge in [-0.3, -0.25) is 4.79 Å². The van der Waals surface area contributed by atoms with Crippen molar-refractivity contribution in [3.05, 3.63) is 90.0 Å². The van der Waals surface area contributed by atoms with Gasteiger partial charge in [-0.25, -0.2) is 0 Å². The van der Waals surface area contributed by atoms with E-state index in [1.165, 1.54) is 24.2 Å². The molecule has 0 aliphatic heterocycles. The summed E-state index contributed by atoms with van der Waals surface area (Å²) in [5, 5.41) is 11.3. The zero-order chi connectivity index (χ0) is 21.2. The molecule has 3 aromatic carbocycles. The molecular formula is C23H22N4O2S. The molecule has 0 saturated carbocycles. The molecule has 0 bridgehead atoms. The number of carbonyl (C=O) groups is 1. The molecule has 0 radical (unpaired) electrons. The van der Waals surface area contributed by atoms with Gasteiger partial charge in [0.15, 0.2) is 5.17 Å². The van der Waals surface area contributed by atoms with E-state index in [0.717, 1.165) is 11.3 Å². The summed E-state index contributed by atoms with van der Waals surface area (Å²) in [6, 6.07) is 24.7. The van der Waals surface area contributed by atoms with Crippen LogP contribution in [0.5, 0.6) is 11.5 Å². The van der Waals surface area contributed by atoms with Gasteiger partial charge in [-0.1, -0.05) is 54.2 Å². The van der Waals surface area contributed by atoms with Gasteiger partial charge < -0.3 is 15.8 Å². The maximum absolute atomic E-state index is 11.1. The van der Waals surface area contributed by atoms with Crippen LogP contribution in [0.4, 0.5) is 5.69 Å². The highest BCUT2D eigenvalue weighted by Crippen LogP contribution is 2.25. The lowest BCUT2D eigenvalue weighted by Gasteiger charge is -2.09. The van der Waals surface area contributed by atoms with Crippen molar-refractivity contribution in [2.24, 2.45) is 15.9 Å². The molecule has 0 heterocycles. The number of hydrogen-bond acceptors (Lipinski definition) is 5. The Morgan fingerprint density at radius 1 is 1.03 bits per heavy atom. The van der Waals surface area contributed by atoms with E-state index in [1.807, 2.05) is 54.6 Å². The molecule has 0 fully saturated rings. The number of amides is 1. The summed E-state index contributed by atoms with van der Waals surface area (Å²) in [5.41, 5.74) is 8.59. The highest BCUT2D eigenvalue weighted by atomic mass is 32.2. The number of amidine groups is 1. The van der Waals surface area contributed by atoms with Crippen LogP contribution in [0.15, 0.2) is 89.1 Å². The van der Waals surface area contributed by atoms with E-state index < -0.39 is 0 Å². The molecule has 7 heteroatoms. The van der Waals surface area contributed by atoms with Gasteiger partial charge in [0.1, 0.15) is 11.5 Å². The molecule has 0 saturated heterocycles. The molecule has 6 nitrogen and oxygen atoms in total. The molecule has 0 spiro atoms. The lowest BCUT2D eigenvalue weighted by atomic mass is 10.2. The van der Waals surface area contributed by atoms with E-state index in [2.05, 4.69) is 15.5 Å². The molecule has 3 aromatic rings. The first-order valence-corrected chi connectivity index (χ1v) is 10.3. The van der Waals surface area contributed by atoms with Crippen molar-refractivity contribution in [2.45, 2.75) is 12.7 Å². The Labute approximate surface area is 179 Å². The average Bonchev–Trinajstić information content (AvgIpc) is 2.75. The normalized spacial score (nSPS) is 11.4. The van der Waals surface area contributed by atoms with Gasteiger partial charge in [0.2, 0.25) is 5.91 Å². The number of nitrogens with one attached hydrogen (secondary N) is 1. The molecule has 152 valence electrons. The van der Waals surface area contributed by atoms with Crippen molar-refractivity contribution >= 4 is 34.7 Å². The van der Waals surface area contributed by atoms with Crippen molar-refractivity contribution in [1.82, 2.24) is 0 Å². The number of hydrogen-bond donors (Lipinski definition) is 2. The first-order chi connectivity index (χ1) is 14.6. The summed E-state index contributed by atoms with van der Waals surface area (Å²) in [6.07, 6.45) is 1.61. The maximum Gasteiger partial charge on any atom is 0.221 e. The third-order valence-corrected chi connectivity index (χ3v) is 4.76. The Hall–Kier alpha value is -3.58. The van der Waals surface area contributed by atoms with Gasteiger partial charge in [0.05, 0.1) is 6.21 Å². The number of nitrogens with two attached hydrogens (primary N) is 1. The maximum atomic E-state index is 11.1. The molecule has 0 atom stereocenters. The minimum absolute atomic E-state index is 0.119. The van der Waals surface area contributed by atoms with Gasteiger partial charge >= 0.3 is 0 Å². The van der Waals surface area contributed by atoms with E-state index in [1.54, 1.807) is 30.5 Å². The van der Waals surface area contributed by atoms with Gasteiger partial charge in [-0.2, -0.15) is 5.10 Å². The minimum Gasteiger partial charge on any atom is -0.457 e. The molecule has 0 aromatic heterocycles. The standard InChI is InChI=1S/C23H22N4O2S/c1-17(28)26-20-11-13-21(14-12-20)29-22-10-6-5-9-19(22)15-25-27-23(24)30-16-18-7-3-2-4-8-18/h2-15H,16H2,1H3,(H2,24,27)(H,26,28). The monoisotopic (exact) mass is 418 g/mol. The number of para-hydroxylation sites is 1. The van der Waals surface area contributed by atoms with Crippen molar-refractivity contribution in [3.63, 3.8) is 0 Å². The smallest absolute Gasteiger partial charge is 0.221 e. The van der Waals surface area contributed by atoms with Crippen LogP contribution in [0.2, 0.25) is 0 Å². The largest absolute Gasteiger partial charge is 0.457 e. The first-order valence-electron chi connectivity index (χ1n) is 9.28. The van der Waals surface area contributed by atoms with Crippen LogP contribution in [0, 0.1) is 0 Å². The molecular weight excluding hydrogens is 396 g/mol. The Bertz CT molecular complexity index is 1030. The number of rotatable bonds is 7. The van der Waals surface area contributed by atoms with Crippen LogP contribution in [0.3, 0.4) is 0 Å². The third kappa shape index (κ3) is 6.79. The van der Waals surface area contributed by atoms with Crippen LogP contribution >= 0.6 is 11.8 Å². The predicted molar refractivity (Wildman–Crippen MR) is 124 cm³/mol. The van der Waals surface area contributed by atoms with E-state index in [4.69, 9.17) is 10.5 Å². The fourth-order valence-corrected chi connectivity index (χ4v) is 3.14. The minimum atomic E-state index is -0.119. The van der Waals surface area contributed by atoms with E-state index >= 15 is 0 Å². The van der Waals surface area contributed by atoms with Crippen molar-refractivity contribution < 1.29 is 9.53 Å². The van der Waals surface area contributed by atoms with Crippen LogP contribution < -0.4 is 15.8 Å². The van der Waals surface area contributed by atoms with Crippen molar-refractivity contribution in [3.8, 4) is 11.5 Å². The quantitative estimate of drug-likeness (QED) is 0.320. The van der Waals surface area contributed by atoms with Crippen LogP contribution in [-0.4, -0.2) is 17.3 Å². The SMILES string of the molecule is CC(=O)Nc1ccc(Oc2ccccc2C=NN=C(N)SCc2ccccc2)cc1. The fraction of sp³-hybridized carbons (Fsp3) is 0.0870. The zero-order valence-electron chi connectivity index (χ0n) is 16.5. The Kier molecular flexibility index (Phi) is 7.63. The van der Waals surface area contributed by atoms with Crippen molar-refractivity contribution in [2.75, 3.05) is 5.32 Å². The molecule has 0 unspecified atom stereocenters. The molecule has 3 rings (SSSR count). The van der Waals surface area contributed by atoms with Gasteiger partial charge in [-0.15, -0.1) is 5.10 Å². The lowest BCUT2D eigenvalue weighted by Crippen LogP contribution is -2.06. The van der Waals surface area contributed by atoms with E-state index in [0.29, 0.717) is 22.4 Å². The summed E-state index contributed by atoms with van der Waals surface area (Å²) < 4.78 is 5.94. The summed E-state index contributed by atoms with van der Waals surface area (Å²) >= 11 is 1.43. The number of nitrogens with zero attached hydrogens (tertiary/aromatic N) is 2. The first kappa shape index (κ1) is 21.1. The van der Waals surface area contributed by atoms with Gasteiger partial charge in [0.25, 0.3) is 0 Å². The third-order valence-electron chi connectivity index (χ3n) is 3.90. The number of thioether (sulfide) groups is 1. The van der Waals surface area contributed by atoms with Crippen molar-refractivity contribution in [1.29, 1.82) is 0 Å². The lowest BCUT2D eigenvalue weighted by molar-refractivity contribution is -0.114. The number of carbonyl (C=O) groups excluding carboxylic acids is 1. The van der Waals surface area contributed by atoms with Gasteiger partial charge in [0, 0.05) is 23.9 Å². The van der Waals surface area contributed by atoms with Crippen LogP contribution in [-0.2, 0) is 10.5 Å². The molecule has 0 aliphatic rings.